The number of allylic oxidation sites excluding steroid dienone is 4. The molecule has 4 atom stereocenters. The Hall–Kier alpha value is -0.753. The van der Waals surface area contributed by atoms with Gasteiger partial charge in [-0.25, -0.2) is 0 Å². The molecule has 5 heteroatoms. The van der Waals surface area contributed by atoms with Gasteiger partial charge in [-0.3, -0.25) is 4.79 Å². The van der Waals surface area contributed by atoms with E-state index in [1.165, 1.54) is 11.1 Å². The predicted octanol–water partition coefficient (Wildman–Crippen LogP) is 8.73. The standard InChI is InChI=1S/C31H58O4Si/c1-22(2)14-13-17-31(11)28(19-34-21-33-12)18-27(16-15-23(3)4)30(32)29(31)20-35-36(24(5)6,25(7)8)26(9)10/h14-15,24-29H,13,16-21H2,1-12H3/t27-,28+,29+,31+/m1/s1. The van der Waals surface area contributed by atoms with Gasteiger partial charge >= 0.3 is 0 Å². The third kappa shape index (κ3) is 8.38. The molecule has 0 aromatic heterocycles. The van der Waals surface area contributed by atoms with E-state index in [1.807, 2.05) is 0 Å². The van der Waals surface area contributed by atoms with Crippen LogP contribution >= 0.6 is 0 Å². The van der Waals surface area contributed by atoms with Gasteiger partial charge < -0.3 is 13.9 Å². The average Bonchev–Trinajstić information content (AvgIpc) is 2.76. The van der Waals surface area contributed by atoms with Crippen LogP contribution in [-0.4, -0.2) is 41.2 Å². The fourth-order valence-electron chi connectivity index (χ4n) is 6.80. The molecule has 0 spiro atoms. The van der Waals surface area contributed by atoms with Crippen molar-refractivity contribution in [1.82, 2.24) is 0 Å². The molecule has 0 bridgehead atoms. The lowest BCUT2D eigenvalue weighted by Crippen LogP contribution is -2.55. The van der Waals surface area contributed by atoms with Gasteiger partial charge in [-0.15, -0.1) is 0 Å². The van der Waals surface area contributed by atoms with E-state index in [1.54, 1.807) is 7.11 Å². The highest BCUT2D eigenvalue weighted by Crippen LogP contribution is 2.51. The monoisotopic (exact) mass is 522 g/mol. The molecule has 0 saturated heterocycles. The van der Waals surface area contributed by atoms with Crippen LogP contribution in [0.4, 0.5) is 0 Å². The molecule has 1 saturated carbocycles. The maximum Gasteiger partial charge on any atom is 0.200 e. The summed E-state index contributed by atoms with van der Waals surface area (Å²) in [5, 5.41) is 0. The van der Waals surface area contributed by atoms with E-state index >= 15 is 0 Å². The summed E-state index contributed by atoms with van der Waals surface area (Å²) in [5.41, 5.74) is 3.91. The lowest BCUT2D eigenvalue weighted by Gasteiger charge is -2.51. The second-order valence-electron chi connectivity index (χ2n) is 12.8. The highest BCUT2D eigenvalue weighted by molar-refractivity contribution is 6.77. The molecule has 210 valence electrons. The Kier molecular flexibility index (Phi) is 13.9. The fourth-order valence-corrected chi connectivity index (χ4v) is 12.3. The van der Waals surface area contributed by atoms with E-state index in [2.05, 4.69) is 88.3 Å². The minimum atomic E-state index is -2.09. The van der Waals surface area contributed by atoms with Gasteiger partial charge in [-0.05, 0) is 81.3 Å². The Labute approximate surface area is 224 Å². The number of ether oxygens (including phenoxy) is 2. The minimum absolute atomic E-state index is 0.0226. The molecular weight excluding hydrogens is 464 g/mol. The summed E-state index contributed by atoms with van der Waals surface area (Å²) in [6.45, 7) is 26.2. The normalized spacial score (nSPS) is 25.1. The SMILES string of the molecule is COCOC[C@@H]1C[C@@H](CC=C(C)C)C(=O)[C@H](CO[Si](C(C)C)(C(C)C)C(C)C)[C@@]1(C)CCC=C(C)C. The van der Waals surface area contributed by atoms with Crippen LogP contribution in [-0.2, 0) is 18.7 Å². The third-order valence-electron chi connectivity index (χ3n) is 8.82. The van der Waals surface area contributed by atoms with Crippen LogP contribution < -0.4 is 0 Å². The van der Waals surface area contributed by atoms with Gasteiger partial charge in [0, 0.05) is 25.6 Å². The largest absolute Gasteiger partial charge is 0.415 e. The Morgan fingerprint density at radius 3 is 2.00 bits per heavy atom. The van der Waals surface area contributed by atoms with Crippen molar-refractivity contribution in [3.8, 4) is 0 Å². The number of carbonyl (C=O) groups is 1. The second kappa shape index (κ2) is 15.0. The number of hydrogen-bond donors (Lipinski definition) is 0. The van der Waals surface area contributed by atoms with E-state index in [9.17, 15) is 4.79 Å². The van der Waals surface area contributed by atoms with Crippen LogP contribution in [0.25, 0.3) is 0 Å². The Morgan fingerprint density at radius 2 is 1.53 bits per heavy atom. The zero-order chi connectivity index (χ0) is 27.7. The third-order valence-corrected chi connectivity index (χ3v) is 14.9. The number of methoxy groups -OCH3 is 1. The first-order valence-corrected chi connectivity index (χ1v) is 16.4. The highest BCUT2D eigenvalue weighted by atomic mass is 28.4. The summed E-state index contributed by atoms with van der Waals surface area (Å²) in [5.74, 6) is 0.587. The molecule has 1 rings (SSSR count). The van der Waals surface area contributed by atoms with Gasteiger partial charge in [0.15, 0.2) is 8.32 Å². The molecule has 0 unspecified atom stereocenters. The van der Waals surface area contributed by atoms with Crippen molar-refractivity contribution in [2.45, 2.75) is 118 Å². The second-order valence-corrected chi connectivity index (χ2v) is 18.3. The maximum absolute atomic E-state index is 14.2. The molecule has 4 nitrogen and oxygen atoms in total. The lowest BCUT2D eigenvalue weighted by molar-refractivity contribution is -0.148. The topological polar surface area (TPSA) is 44.8 Å². The smallest absolute Gasteiger partial charge is 0.200 e. The van der Waals surface area contributed by atoms with Crippen LogP contribution in [0.5, 0.6) is 0 Å². The van der Waals surface area contributed by atoms with Crippen LogP contribution in [0.3, 0.4) is 0 Å². The van der Waals surface area contributed by atoms with Gasteiger partial charge in [0.2, 0.25) is 0 Å². The quantitative estimate of drug-likeness (QED) is 0.0933. The molecule has 36 heavy (non-hydrogen) atoms. The maximum atomic E-state index is 14.2. The molecule has 0 heterocycles. The zero-order valence-electron chi connectivity index (χ0n) is 25.7. The Morgan fingerprint density at radius 1 is 0.972 bits per heavy atom. The van der Waals surface area contributed by atoms with Crippen LogP contribution in [0.2, 0.25) is 16.6 Å². The molecule has 0 aliphatic heterocycles. The summed E-state index contributed by atoms with van der Waals surface area (Å²) < 4.78 is 18.3. The van der Waals surface area contributed by atoms with Crippen molar-refractivity contribution in [2.75, 3.05) is 27.1 Å². The van der Waals surface area contributed by atoms with Gasteiger partial charge in [0.1, 0.15) is 12.6 Å². The van der Waals surface area contributed by atoms with E-state index < -0.39 is 8.32 Å². The molecule has 1 aliphatic carbocycles. The van der Waals surface area contributed by atoms with Crippen molar-refractivity contribution in [2.24, 2.45) is 23.2 Å². The van der Waals surface area contributed by atoms with Gasteiger partial charge in [0.05, 0.1) is 6.61 Å². The van der Waals surface area contributed by atoms with E-state index in [0.29, 0.717) is 42.4 Å². The van der Waals surface area contributed by atoms with Gasteiger partial charge in [-0.2, -0.15) is 0 Å². The highest BCUT2D eigenvalue weighted by Gasteiger charge is 2.53. The summed E-state index contributed by atoms with van der Waals surface area (Å²) in [7, 11) is -0.424. The number of hydrogen-bond acceptors (Lipinski definition) is 4. The van der Waals surface area contributed by atoms with Gasteiger partial charge in [-0.1, -0.05) is 71.8 Å². The van der Waals surface area contributed by atoms with Gasteiger partial charge in [0.25, 0.3) is 0 Å². The fraction of sp³-hybridized carbons (Fsp3) is 0.839. The van der Waals surface area contributed by atoms with Crippen LogP contribution in [0.1, 0.15) is 102 Å². The average molecular weight is 523 g/mol. The number of ketones is 1. The first-order valence-electron chi connectivity index (χ1n) is 14.2. The number of rotatable bonds is 15. The van der Waals surface area contributed by atoms with E-state index in [-0.39, 0.29) is 23.2 Å². The molecule has 0 aromatic rings. The van der Waals surface area contributed by atoms with E-state index in [0.717, 1.165) is 25.7 Å². The number of Topliss-reactive ketones (excluding diaryl/α,β-unsaturated/α-hetero) is 1. The first-order chi connectivity index (χ1) is 16.7. The molecule has 1 aliphatic rings. The summed E-state index contributed by atoms with van der Waals surface area (Å²) in [6.07, 6.45) is 8.16. The summed E-state index contributed by atoms with van der Waals surface area (Å²) in [4.78, 5) is 14.2. The minimum Gasteiger partial charge on any atom is -0.415 e. The summed E-state index contributed by atoms with van der Waals surface area (Å²) >= 11 is 0. The molecule has 1 fully saturated rings. The molecule has 0 radical (unpaired) electrons. The Bertz CT molecular complexity index is 709. The zero-order valence-corrected chi connectivity index (χ0v) is 26.7. The first kappa shape index (κ1) is 33.3. The van der Waals surface area contributed by atoms with Crippen LogP contribution in [0, 0.1) is 23.2 Å². The molecule has 0 amide bonds. The van der Waals surface area contributed by atoms with E-state index in [4.69, 9.17) is 13.9 Å². The van der Waals surface area contributed by atoms with Crippen molar-refractivity contribution in [1.29, 1.82) is 0 Å². The van der Waals surface area contributed by atoms with Crippen molar-refractivity contribution in [3.63, 3.8) is 0 Å². The molecular formula is C31H58O4Si. The molecule has 0 aromatic carbocycles. The lowest BCUT2D eigenvalue weighted by atomic mass is 9.56. The van der Waals surface area contributed by atoms with Crippen molar-refractivity contribution in [3.05, 3.63) is 23.3 Å². The molecule has 0 N–H and O–H groups in total. The summed E-state index contributed by atoms with van der Waals surface area (Å²) in [6, 6.07) is 0. The Balaban J connectivity index is 3.47. The predicted molar refractivity (Wildman–Crippen MR) is 156 cm³/mol. The van der Waals surface area contributed by atoms with Crippen molar-refractivity contribution < 1.29 is 18.7 Å². The number of carbonyl (C=O) groups excluding carboxylic acids is 1. The van der Waals surface area contributed by atoms with Crippen LogP contribution in [0.15, 0.2) is 23.3 Å². The van der Waals surface area contributed by atoms with Crippen molar-refractivity contribution >= 4 is 14.1 Å².